The van der Waals surface area contributed by atoms with Crippen molar-refractivity contribution >= 4 is 152 Å². The molecule has 11 N–H and O–H groups in total. The minimum Gasteiger partial charge on any atom is -0.339 e. The number of H-pyrrole nitrogens is 8. The minimum atomic E-state index is -0.137. The lowest BCUT2D eigenvalue weighted by molar-refractivity contribution is -0.119. The second kappa shape index (κ2) is 44.5. The van der Waals surface area contributed by atoms with Crippen molar-refractivity contribution in [1.29, 1.82) is 0 Å². The summed E-state index contributed by atoms with van der Waals surface area (Å²) in [7, 11) is 0. The van der Waals surface area contributed by atoms with E-state index in [0.29, 0.717) is 208 Å². The SMILES string of the molecule is CCC(=O)Cc1ccc(-c2cnc3n[nH]c(-c4nc5c(C(=O)N(CC)CC)cccc5[nH]4)c3c2)cn1.CCC(=O)Nc1cncc(-c2cnc3n[nH]c(-c4nc5c(C(=O)N(CC)CC)cccc5[nH]4)c3c2)c1.CCN(CC)C(=O)c1cccc2[nH]c(-c3[nH]nc4ncc(-c5cncc(NC(=O)C(C)C)c5)cc34)nc12.CCN(CC)C(=O)c1cccc2[nH]c(-c3[nH]nc4ncc(-c5cncc(NC(=O)CC(C)C)c5)cc34)nc12. The molecule has 0 fully saturated rings. The zero-order valence-corrected chi connectivity index (χ0v) is 83.8. The van der Waals surface area contributed by atoms with Crippen LogP contribution in [-0.4, -0.2) is 240 Å². The number of rotatable bonds is 30. The number of aromatic amines is 8. The van der Waals surface area contributed by atoms with Crippen molar-refractivity contribution in [3.63, 3.8) is 0 Å². The van der Waals surface area contributed by atoms with Crippen LogP contribution < -0.4 is 16.0 Å². The normalized spacial score (nSPS) is 11.3. The zero-order chi connectivity index (χ0) is 103. The summed E-state index contributed by atoms with van der Waals surface area (Å²) in [5.74, 6) is 2.16. The first-order valence-corrected chi connectivity index (χ1v) is 49.0. The Hall–Kier alpha value is -18.2. The van der Waals surface area contributed by atoms with Gasteiger partial charge < -0.3 is 55.5 Å². The van der Waals surface area contributed by atoms with Crippen LogP contribution in [-0.2, 0) is 25.6 Å². The number of ketones is 1. The molecule has 147 heavy (non-hydrogen) atoms. The van der Waals surface area contributed by atoms with E-state index in [9.17, 15) is 38.4 Å². The molecule has 0 aliphatic heterocycles. The van der Waals surface area contributed by atoms with Crippen molar-refractivity contribution in [2.45, 2.75) is 123 Å². The van der Waals surface area contributed by atoms with Gasteiger partial charge in [-0.05, 0) is 158 Å². The number of benzene rings is 4. The van der Waals surface area contributed by atoms with Gasteiger partial charge >= 0.3 is 0 Å². The predicted octanol–water partition coefficient (Wildman–Crippen LogP) is 18.6. The van der Waals surface area contributed by atoms with E-state index in [0.717, 1.165) is 93.8 Å². The molecule has 20 rings (SSSR count). The number of hydrogen-bond acceptors (Lipinski definition) is 24. The smallest absolute Gasteiger partial charge is 0.256 e. The van der Waals surface area contributed by atoms with E-state index in [1.54, 1.807) is 113 Å². The first-order chi connectivity index (χ1) is 71.3. The quantitative estimate of drug-likeness (QED) is 0.0199. The van der Waals surface area contributed by atoms with Gasteiger partial charge in [-0.3, -0.25) is 78.7 Å². The molecule has 16 aromatic heterocycles. The maximum Gasteiger partial charge on any atom is 0.256 e. The first-order valence-electron chi connectivity index (χ1n) is 49.0. The summed E-state index contributed by atoms with van der Waals surface area (Å²) in [6.45, 7) is 32.0. The van der Waals surface area contributed by atoms with Gasteiger partial charge in [-0.25, -0.2) is 39.9 Å². The lowest BCUT2D eigenvalue weighted by Gasteiger charge is -2.18. The number of nitrogens with one attached hydrogen (secondary N) is 11. The molecular weight excluding hydrogens is 1860 g/mol. The molecule has 7 amide bonds. The summed E-state index contributed by atoms with van der Waals surface area (Å²) in [6, 6.07) is 39.5. The fraction of sp³-hybridized carbons (Fsp3) is 0.259. The third-order valence-electron chi connectivity index (χ3n) is 25.2. The molecule has 0 aliphatic rings. The second-order valence-electron chi connectivity index (χ2n) is 35.5. The molecule has 0 radical (unpaired) electrons. The molecule has 746 valence electrons. The van der Waals surface area contributed by atoms with Crippen LogP contribution in [0.1, 0.15) is 163 Å². The molecule has 0 aliphatic carbocycles. The predicted molar refractivity (Wildman–Crippen MR) is 567 cm³/mol. The molecule has 16 heterocycles. The highest BCUT2D eigenvalue weighted by molar-refractivity contribution is 6.10. The van der Waals surface area contributed by atoms with Crippen molar-refractivity contribution in [3.8, 4) is 90.6 Å². The Balaban J connectivity index is 0.000000134. The molecule has 0 atom stereocenters. The van der Waals surface area contributed by atoms with Crippen LogP contribution in [0.3, 0.4) is 0 Å². The number of fused-ring (bicyclic) bond motifs is 8. The number of pyridine rings is 8. The summed E-state index contributed by atoms with van der Waals surface area (Å²) in [5, 5.41) is 41.3. The molecule has 0 saturated heterocycles. The number of para-hydroxylation sites is 4. The number of hydrogen-bond donors (Lipinski definition) is 11. The standard InChI is InChI=1S/C28H30N8O2.C27H28N8O2.C27H27N7O2.C26H26N8O2/c1-5-36(6-2)28(38)20-8-7-9-22-24(20)33-27(32-22)25-21-12-18(14-30-26(21)35-34-25)17-11-19(15-29-13-17)31-23(37)10-16(3)4;1-5-35(6-2)27(37)19-8-7-9-21-22(19)32-25(31-21)23-20-11-17(13-29-24(20)34-33-23)16-10-18(14-28-12-16)30-26(36)15(3)4;1-4-19(35)13-18-11-10-16(14-28-18)17-12-21-24(32-33-25(21)29-15-17)26-30-22-9-7-8-20(23(22)31-26)27(36)34(5-2)6-3;1-4-21(35)29-17-10-15(12-27-14-17)16-11-19-23(32-33-24(19)28-13-16)25-30-20-9-7-8-18(22(20)31-25)26(36)34(5-2)6-3/h7-9,11-16H,5-6,10H2,1-4H3,(H,31,37)(H,32,33)(H,30,34,35);7-15H,5-6H2,1-4H3,(H,30,36)(H,31,32)(H,29,33,34);7-12,14-15H,4-6,13H2,1-3H3,(H,30,31)(H,29,32,33);7-14H,4-6H2,1-3H3,(H,29,35)(H,30,31)(H,28,32,33). The van der Waals surface area contributed by atoms with E-state index in [1.807, 2.05) is 199 Å². The van der Waals surface area contributed by atoms with E-state index in [-0.39, 0.29) is 59.0 Å². The Morgan fingerprint density at radius 3 is 0.884 bits per heavy atom. The highest BCUT2D eigenvalue weighted by Gasteiger charge is 2.28. The van der Waals surface area contributed by atoms with Gasteiger partial charge in [-0.15, -0.1) is 0 Å². The summed E-state index contributed by atoms with van der Waals surface area (Å²) in [4.78, 5) is 175. The van der Waals surface area contributed by atoms with Crippen LogP contribution in [0.2, 0.25) is 0 Å². The number of carbonyl (C=O) groups excluding carboxylic acids is 8. The topological polar surface area (TPSA) is 518 Å². The number of anilines is 3. The van der Waals surface area contributed by atoms with E-state index in [2.05, 4.69) is 117 Å². The molecule has 20 aromatic rings. The molecule has 0 spiro atoms. The highest BCUT2D eigenvalue weighted by atomic mass is 16.2. The maximum absolute atomic E-state index is 13.1. The van der Waals surface area contributed by atoms with Gasteiger partial charge in [0.15, 0.2) is 45.9 Å². The van der Waals surface area contributed by atoms with Crippen LogP contribution in [0.15, 0.2) is 196 Å². The van der Waals surface area contributed by atoms with Crippen molar-refractivity contribution < 1.29 is 38.4 Å². The van der Waals surface area contributed by atoms with Gasteiger partial charge in [-0.1, -0.05) is 71.9 Å². The summed E-state index contributed by atoms with van der Waals surface area (Å²) in [6.07, 6.45) is 20.4. The number of aromatic nitrogens is 24. The largest absolute Gasteiger partial charge is 0.339 e. The Labute approximate surface area is 843 Å². The molecule has 39 nitrogen and oxygen atoms in total. The first kappa shape index (κ1) is 100. The molecule has 0 bridgehead atoms. The number of amides is 7. The van der Waals surface area contributed by atoms with Gasteiger partial charge in [0.1, 0.15) is 50.6 Å². The Kier molecular flexibility index (Phi) is 30.4. The van der Waals surface area contributed by atoms with Crippen LogP contribution in [0, 0.1) is 11.8 Å². The molecular formula is C108H111N31O8. The monoisotopic (exact) mass is 1970 g/mol. The summed E-state index contributed by atoms with van der Waals surface area (Å²) >= 11 is 0. The van der Waals surface area contributed by atoms with Crippen molar-refractivity contribution in [2.24, 2.45) is 11.8 Å². The van der Waals surface area contributed by atoms with Gasteiger partial charge in [0.25, 0.3) is 23.6 Å². The van der Waals surface area contributed by atoms with Gasteiger partial charge in [0, 0.05) is 184 Å². The Morgan fingerprint density at radius 1 is 0.313 bits per heavy atom. The van der Waals surface area contributed by atoms with Gasteiger partial charge in [0.2, 0.25) is 17.7 Å². The van der Waals surface area contributed by atoms with E-state index >= 15 is 0 Å². The zero-order valence-electron chi connectivity index (χ0n) is 83.8. The number of imidazole rings is 4. The fourth-order valence-electron chi connectivity index (χ4n) is 17.1. The van der Waals surface area contributed by atoms with Crippen LogP contribution in [0.25, 0.3) is 179 Å². The summed E-state index contributed by atoms with van der Waals surface area (Å²) < 4.78 is 0. The van der Waals surface area contributed by atoms with E-state index in [1.165, 1.54) is 0 Å². The van der Waals surface area contributed by atoms with Crippen molar-refractivity contribution in [3.05, 3.63) is 224 Å². The lowest BCUT2D eigenvalue weighted by atomic mass is 10.1. The molecule has 39 heteroatoms. The number of carbonyl (C=O) groups is 8. The summed E-state index contributed by atoms with van der Waals surface area (Å²) in [5.41, 5.74) is 21.9. The van der Waals surface area contributed by atoms with E-state index < -0.39 is 0 Å². The van der Waals surface area contributed by atoms with Gasteiger partial charge in [0.05, 0.1) is 102 Å². The average molecular weight is 1970 g/mol. The third kappa shape index (κ3) is 21.6. The number of Topliss-reactive ketones (excluding diaryl/α,β-unsaturated/α-hetero) is 1. The van der Waals surface area contributed by atoms with Crippen LogP contribution in [0.4, 0.5) is 17.1 Å². The Bertz CT molecular complexity index is 8310. The molecule has 4 aromatic carbocycles. The van der Waals surface area contributed by atoms with Gasteiger partial charge in [-0.2, -0.15) is 20.4 Å². The maximum atomic E-state index is 13.1. The van der Waals surface area contributed by atoms with E-state index in [4.69, 9.17) is 19.9 Å². The Morgan fingerprint density at radius 2 is 0.605 bits per heavy atom. The van der Waals surface area contributed by atoms with Crippen molar-refractivity contribution in [2.75, 3.05) is 68.3 Å². The third-order valence-corrected chi connectivity index (χ3v) is 25.2. The second-order valence-corrected chi connectivity index (χ2v) is 35.5. The van der Waals surface area contributed by atoms with Crippen molar-refractivity contribution in [1.82, 2.24) is 140 Å². The van der Waals surface area contributed by atoms with Crippen LogP contribution in [0.5, 0.6) is 0 Å². The molecule has 0 saturated carbocycles. The lowest BCUT2D eigenvalue weighted by Crippen LogP contribution is -2.30. The minimum absolute atomic E-state index is 0.0429. The molecule has 0 unspecified atom stereocenters. The van der Waals surface area contributed by atoms with Crippen LogP contribution >= 0.6 is 0 Å². The fourth-order valence-corrected chi connectivity index (χ4v) is 17.1. The number of nitrogens with zero attached hydrogens (tertiary/aromatic N) is 20. The average Bonchev–Trinajstić information content (AvgIpc) is 1.63. The highest BCUT2D eigenvalue weighted by Crippen LogP contribution is 2.38.